The fourth-order valence-electron chi connectivity index (χ4n) is 0.815. The predicted octanol–water partition coefficient (Wildman–Crippen LogP) is -1.25. The Morgan fingerprint density at radius 3 is 2.71 bits per heavy atom. The number of hydrogen-bond donors (Lipinski definition) is 1. The summed E-state index contributed by atoms with van der Waals surface area (Å²) in [5, 5.41) is 7.66. The zero-order valence-corrected chi connectivity index (χ0v) is 8.90. The molecule has 0 bridgehead atoms. The number of anilines is 1. The minimum Gasteiger partial charge on any atom is -0.381 e. The quantitative estimate of drug-likeness (QED) is 0.683. The average molecular weight is 219 g/mol. The van der Waals surface area contributed by atoms with Gasteiger partial charge in [0.25, 0.3) is 0 Å². The van der Waals surface area contributed by atoms with Crippen molar-refractivity contribution >= 4 is 15.8 Å². The highest BCUT2D eigenvalue weighted by molar-refractivity contribution is 7.88. The van der Waals surface area contributed by atoms with Crippen molar-refractivity contribution in [3.05, 3.63) is 6.20 Å². The van der Waals surface area contributed by atoms with Crippen LogP contribution >= 0.6 is 0 Å². The molecular formula is C6H13N5O2S. The number of rotatable bonds is 4. The van der Waals surface area contributed by atoms with Crippen molar-refractivity contribution in [1.82, 2.24) is 19.3 Å². The summed E-state index contributed by atoms with van der Waals surface area (Å²) in [5.41, 5.74) is 5.34. The number of nitrogens with two attached hydrogens (primary N) is 1. The van der Waals surface area contributed by atoms with Gasteiger partial charge in [-0.2, -0.15) is 9.90 Å². The molecule has 0 saturated heterocycles. The predicted molar refractivity (Wildman–Crippen MR) is 51.9 cm³/mol. The molecule has 0 atom stereocenters. The topological polar surface area (TPSA) is 94.1 Å². The summed E-state index contributed by atoms with van der Waals surface area (Å²) in [6.07, 6.45) is 2.57. The summed E-state index contributed by atoms with van der Waals surface area (Å²) in [6.45, 7) is 0.716. The number of hydrogen-bond acceptors (Lipinski definition) is 5. The molecule has 1 aromatic heterocycles. The van der Waals surface area contributed by atoms with E-state index in [-0.39, 0.29) is 0 Å². The van der Waals surface area contributed by atoms with E-state index in [1.54, 1.807) is 0 Å². The molecule has 0 fully saturated rings. The van der Waals surface area contributed by atoms with Crippen molar-refractivity contribution in [3.63, 3.8) is 0 Å². The molecule has 1 aromatic rings. The van der Waals surface area contributed by atoms with Gasteiger partial charge < -0.3 is 5.73 Å². The van der Waals surface area contributed by atoms with Crippen molar-refractivity contribution in [2.75, 3.05) is 25.6 Å². The van der Waals surface area contributed by atoms with Crippen molar-refractivity contribution < 1.29 is 8.42 Å². The van der Waals surface area contributed by atoms with Gasteiger partial charge in [-0.1, -0.05) is 0 Å². The Balaban J connectivity index is 2.50. The van der Waals surface area contributed by atoms with E-state index in [9.17, 15) is 8.42 Å². The summed E-state index contributed by atoms with van der Waals surface area (Å²) >= 11 is 0. The zero-order valence-electron chi connectivity index (χ0n) is 8.08. The highest BCUT2D eigenvalue weighted by atomic mass is 32.2. The highest BCUT2D eigenvalue weighted by Gasteiger charge is 2.10. The summed E-state index contributed by atoms with van der Waals surface area (Å²) in [7, 11) is -1.63. The molecule has 0 radical (unpaired) electrons. The summed E-state index contributed by atoms with van der Waals surface area (Å²) in [5.74, 6) is 0.326. The maximum Gasteiger partial charge on any atom is 0.211 e. The number of likely N-dealkylation sites (N-methyl/N-ethyl adjacent to an activating group) is 1. The maximum absolute atomic E-state index is 11.0. The third-order valence-corrected chi connectivity index (χ3v) is 3.05. The van der Waals surface area contributed by atoms with Crippen LogP contribution < -0.4 is 5.73 Å². The normalized spacial score (nSPS) is 12.2. The molecule has 0 amide bonds. The minimum atomic E-state index is -3.13. The van der Waals surface area contributed by atoms with Crippen LogP contribution in [0.1, 0.15) is 0 Å². The SMILES string of the molecule is CN(CCn1ncc(N)n1)S(C)(=O)=O. The molecule has 0 saturated carbocycles. The number of sulfonamides is 1. The van der Waals surface area contributed by atoms with Gasteiger partial charge in [0.1, 0.15) is 0 Å². The van der Waals surface area contributed by atoms with Crippen LogP contribution in [0.25, 0.3) is 0 Å². The molecular weight excluding hydrogens is 206 g/mol. The van der Waals surface area contributed by atoms with E-state index in [0.29, 0.717) is 18.9 Å². The monoisotopic (exact) mass is 219 g/mol. The highest BCUT2D eigenvalue weighted by Crippen LogP contribution is 1.95. The Morgan fingerprint density at radius 1 is 1.64 bits per heavy atom. The Hall–Kier alpha value is -1.15. The van der Waals surface area contributed by atoms with E-state index >= 15 is 0 Å². The molecule has 0 spiro atoms. The van der Waals surface area contributed by atoms with Gasteiger partial charge in [-0.15, -0.1) is 5.10 Å². The minimum absolute atomic E-state index is 0.326. The second-order valence-electron chi connectivity index (χ2n) is 2.95. The fraction of sp³-hybridized carbons (Fsp3) is 0.667. The van der Waals surface area contributed by atoms with Crippen LogP contribution in [0.5, 0.6) is 0 Å². The van der Waals surface area contributed by atoms with Gasteiger partial charge in [-0.25, -0.2) is 12.7 Å². The molecule has 0 aliphatic heterocycles. The summed E-state index contributed by atoms with van der Waals surface area (Å²) in [6, 6.07) is 0. The van der Waals surface area contributed by atoms with E-state index in [1.165, 1.54) is 22.3 Å². The molecule has 7 nitrogen and oxygen atoms in total. The number of aromatic nitrogens is 3. The Morgan fingerprint density at radius 2 is 2.29 bits per heavy atom. The maximum atomic E-state index is 11.0. The van der Waals surface area contributed by atoms with Crippen LogP contribution in [0.2, 0.25) is 0 Å². The van der Waals surface area contributed by atoms with E-state index in [1.807, 2.05) is 0 Å². The lowest BCUT2D eigenvalue weighted by molar-refractivity contribution is 0.416. The third-order valence-electron chi connectivity index (χ3n) is 1.74. The second kappa shape index (κ2) is 3.93. The van der Waals surface area contributed by atoms with E-state index in [2.05, 4.69) is 10.2 Å². The van der Waals surface area contributed by atoms with E-state index in [4.69, 9.17) is 5.73 Å². The van der Waals surface area contributed by atoms with Gasteiger partial charge in [0.05, 0.1) is 19.0 Å². The Labute approximate surface area is 82.5 Å². The zero-order chi connectivity index (χ0) is 10.8. The largest absolute Gasteiger partial charge is 0.381 e. The first kappa shape index (κ1) is 10.9. The molecule has 2 N–H and O–H groups in total. The van der Waals surface area contributed by atoms with Crippen LogP contribution in [0.15, 0.2) is 6.20 Å². The first-order chi connectivity index (χ1) is 6.39. The lowest BCUT2D eigenvalue weighted by Crippen LogP contribution is -2.29. The lowest BCUT2D eigenvalue weighted by Gasteiger charge is -2.12. The van der Waals surface area contributed by atoms with Crippen LogP contribution in [0, 0.1) is 0 Å². The summed E-state index contributed by atoms with van der Waals surface area (Å²) in [4.78, 5) is 1.36. The van der Waals surface area contributed by atoms with Crippen LogP contribution in [0.4, 0.5) is 5.82 Å². The molecule has 0 aliphatic carbocycles. The Kier molecular flexibility index (Phi) is 3.06. The smallest absolute Gasteiger partial charge is 0.211 e. The molecule has 1 heterocycles. The molecule has 0 aliphatic rings. The van der Waals surface area contributed by atoms with E-state index < -0.39 is 10.0 Å². The molecule has 80 valence electrons. The molecule has 1 rings (SSSR count). The van der Waals surface area contributed by atoms with Gasteiger partial charge in [0, 0.05) is 13.6 Å². The van der Waals surface area contributed by atoms with Crippen LogP contribution in [-0.4, -0.2) is 47.6 Å². The van der Waals surface area contributed by atoms with Crippen molar-refractivity contribution in [2.24, 2.45) is 0 Å². The van der Waals surface area contributed by atoms with Crippen LogP contribution in [0.3, 0.4) is 0 Å². The van der Waals surface area contributed by atoms with Gasteiger partial charge in [-0.3, -0.25) is 0 Å². The van der Waals surface area contributed by atoms with E-state index in [0.717, 1.165) is 6.26 Å². The van der Waals surface area contributed by atoms with Gasteiger partial charge in [0.15, 0.2) is 5.82 Å². The Bertz CT molecular complexity index is 398. The first-order valence-electron chi connectivity index (χ1n) is 3.96. The van der Waals surface area contributed by atoms with Gasteiger partial charge >= 0.3 is 0 Å². The lowest BCUT2D eigenvalue weighted by atomic mass is 10.6. The molecule has 8 heteroatoms. The third kappa shape index (κ3) is 2.96. The summed E-state index contributed by atoms with van der Waals surface area (Å²) < 4.78 is 23.2. The fourth-order valence-corrected chi connectivity index (χ4v) is 1.23. The number of nitrogens with zero attached hydrogens (tertiary/aromatic N) is 4. The second-order valence-corrected chi connectivity index (χ2v) is 5.04. The first-order valence-corrected chi connectivity index (χ1v) is 5.81. The molecule has 0 aromatic carbocycles. The van der Waals surface area contributed by atoms with Crippen molar-refractivity contribution in [1.29, 1.82) is 0 Å². The van der Waals surface area contributed by atoms with Crippen molar-refractivity contribution in [2.45, 2.75) is 6.54 Å². The number of nitrogen functional groups attached to an aromatic ring is 1. The molecule has 14 heavy (non-hydrogen) atoms. The molecule has 0 unspecified atom stereocenters. The average Bonchev–Trinajstić information content (AvgIpc) is 2.45. The van der Waals surface area contributed by atoms with Crippen LogP contribution in [-0.2, 0) is 16.6 Å². The van der Waals surface area contributed by atoms with Gasteiger partial charge in [-0.05, 0) is 0 Å². The van der Waals surface area contributed by atoms with Crippen molar-refractivity contribution in [3.8, 4) is 0 Å². The standard InChI is InChI=1S/C6H13N5O2S/c1-10(14(2,12)13)3-4-11-8-5-6(7)9-11/h5H,3-4H2,1-2H3,(H2,7,9). The van der Waals surface area contributed by atoms with Gasteiger partial charge in [0.2, 0.25) is 10.0 Å².